The number of aliphatic hydroxyl groups excluding tert-OH is 1. The molecule has 0 saturated heterocycles. The Balaban J connectivity index is 0.000000268. The number of rotatable bonds is 4. The van der Waals surface area contributed by atoms with Crippen LogP contribution in [0.2, 0.25) is 0 Å². The van der Waals surface area contributed by atoms with Gasteiger partial charge in [0.15, 0.2) is 0 Å². The molecule has 0 aliphatic carbocycles. The Labute approximate surface area is 162 Å². The lowest BCUT2D eigenvalue weighted by atomic mass is 10.1. The van der Waals surface area contributed by atoms with Gasteiger partial charge in [-0.2, -0.15) is 0 Å². The van der Waals surface area contributed by atoms with Crippen molar-refractivity contribution in [2.45, 2.75) is 6.10 Å². The quantitative estimate of drug-likeness (QED) is 0.505. The Hall–Kier alpha value is -3.78. The number of anilines is 1. The van der Waals surface area contributed by atoms with E-state index < -0.39 is 18.0 Å². The first-order chi connectivity index (χ1) is 13.5. The fraction of sp³-hybridized carbons (Fsp3) is 0.100. The summed E-state index contributed by atoms with van der Waals surface area (Å²) in [5.41, 5.74) is 0.908. The highest BCUT2D eigenvalue weighted by Crippen LogP contribution is 2.12. The number of aromatic nitrogens is 2. The number of aliphatic carboxylic acids is 2. The fourth-order valence-electron chi connectivity index (χ4n) is 1.77. The molecule has 0 fully saturated rings. The largest absolute Gasteiger partial charge is 0.473 e. The van der Waals surface area contributed by atoms with E-state index in [0.717, 1.165) is 11.4 Å². The van der Waals surface area contributed by atoms with Gasteiger partial charge in [0.05, 0.1) is 6.10 Å². The molecule has 8 nitrogen and oxygen atoms in total. The average molecular weight is 383 g/mol. The third-order valence-electron chi connectivity index (χ3n) is 3.08. The fourth-order valence-corrected chi connectivity index (χ4v) is 1.77. The highest BCUT2D eigenvalue weighted by molar-refractivity contribution is 6.27. The number of pyridine rings is 2. The van der Waals surface area contributed by atoms with Crippen LogP contribution in [0, 0.1) is 0 Å². The highest BCUT2D eigenvalue weighted by atomic mass is 16.4. The standard InChI is InChI=1S/C13H14N2O.C5H5N.C2H2O4/c16-12(11-6-2-1-3-7-11)10-15-13-8-4-5-9-14-13;1-2-4-6-5-3-1;3-1(4)2(5)6/h1-9,12,16H,10H2,(H,14,15);1-5H;(H,3,4)(H,5,6)/t12-;;/m1../s1. The molecule has 4 N–H and O–H groups in total. The molecule has 0 saturated carbocycles. The minimum atomic E-state index is -1.82. The van der Waals surface area contributed by atoms with Crippen molar-refractivity contribution in [2.75, 3.05) is 11.9 Å². The summed E-state index contributed by atoms with van der Waals surface area (Å²) in [6.07, 6.45) is 4.71. The summed E-state index contributed by atoms with van der Waals surface area (Å²) in [5, 5.41) is 27.8. The predicted octanol–water partition coefficient (Wildman–Crippen LogP) is 2.46. The molecule has 0 bridgehead atoms. The van der Waals surface area contributed by atoms with Crippen LogP contribution in [0.4, 0.5) is 5.82 Å². The molecular formula is C20H21N3O5. The van der Waals surface area contributed by atoms with Crippen LogP contribution in [0.5, 0.6) is 0 Å². The molecule has 0 unspecified atom stereocenters. The number of nitrogens with zero attached hydrogens (tertiary/aromatic N) is 2. The summed E-state index contributed by atoms with van der Waals surface area (Å²) in [5.74, 6) is -2.87. The summed E-state index contributed by atoms with van der Waals surface area (Å²) in [4.78, 5) is 26.1. The second-order valence-corrected chi connectivity index (χ2v) is 5.16. The molecule has 0 amide bonds. The molecule has 28 heavy (non-hydrogen) atoms. The van der Waals surface area contributed by atoms with Crippen LogP contribution in [0.25, 0.3) is 0 Å². The van der Waals surface area contributed by atoms with Crippen molar-refractivity contribution in [1.82, 2.24) is 9.97 Å². The molecule has 3 aromatic rings. The minimum absolute atomic E-state index is 0.459. The third kappa shape index (κ3) is 10.3. The summed E-state index contributed by atoms with van der Waals surface area (Å²) >= 11 is 0. The van der Waals surface area contributed by atoms with Gasteiger partial charge >= 0.3 is 11.9 Å². The van der Waals surface area contributed by atoms with Crippen LogP contribution in [-0.4, -0.2) is 43.8 Å². The average Bonchev–Trinajstić information content (AvgIpc) is 2.75. The lowest BCUT2D eigenvalue weighted by Crippen LogP contribution is -2.12. The van der Waals surface area contributed by atoms with Crippen molar-refractivity contribution < 1.29 is 24.9 Å². The van der Waals surface area contributed by atoms with Crippen molar-refractivity contribution in [3.63, 3.8) is 0 Å². The minimum Gasteiger partial charge on any atom is -0.473 e. The van der Waals surface area contributed by atoms with E-state index in [0.29, 0.717) is 6.54 Å². The molecule has 2 aromatic heterocycles. The second kappa shape index (κ2) is 13.4. The SMILES string of the molecule is O=C(O)C(=O)O.O[C@H](CNc1ccccn1)c1ccccc1.c1ccncc1. The van der Waals surface area contributed by atoms with Gasteiger partial charge in [-0.15, -0.1) is 0 Å². The van der Waals surface area contributed by atoms with Crippen LogP contribution in [0.3, 0.4) is 0 Å². The van der Waals surface area contributed by atoms with Crippen LogP contribution in [-0.2, 0) is 9.59 Å². The molecule has 1 atom stereocenters. The maximum atomic E-state index is 9.89. The maximum Gasteiger partial charge on any atom is 0.414 e. The smallest absolute Gasteiger partial charge is 0.414 e. The zero-order valence-corrected chi connectivity index (χ0v) is 14.9. The number of hydrogen-bond donors (Lipinski definition) is 4. The topological polar surface area (TPSA) is 133 Å². The Morgan fingerprint density at radius 3 is 1.79 bits per heavy atom. The molecule has 8 heteroatoms. The van der Waals surface area contributed by atoms with Crippen molar-refractivity contribution in [3.8, 4) is 0 Å². The van der Waals surface area contributed by atoms with Gasteiger partial charge in [0.25, 0.3) is 0 Å². The number of carbonyl (C=O) groups is 2. The predicted molar refractivity (Wildman–Crippen MR) is 104 cm³/mol. The summed E-state index contributed by atoms with van der Waals surface area (Å²) in [6.45, 7) is 0.459. The molecular weight excluding hydrogens is 362 g/mol. The van der Waals surface area contributed by atoms with Gasteiger partial charge in [-0.3, -0.25) is 4.98 Å². The lowest BCUT2D eigenvalue weighted by Gasteiger charge is -2.12. The molecule has 1 aromatic carbocycles. The summed E-state index contributed by atoms with van der Waals surface area (Å²) in [6, 6.07) is 20.9. The maximum absolute atomic E-state index is 9.89. The monoisotopic (exact) mass is 383 g/mol. The number of benzene rings is 1. The summed E-state index contributed by atoms with van der Waals surface area (Å²) < 4.78 is 0. The van der Waals surface area contributed by atoms with Crippen molar-refractivity contribution in [3.05, 3.63) is 90.9 Å². The molecule has 146 valence electrons. The van der Waals surface area contributed by atoms with E-state index in [4.69, 9.17) is 19.8 Å². The first-order valence-electron chi connectivity index (χ1n) is 8.20. The van der Waals surface area contributed by atoms with Crippen molar-refractivity contribution in [2.24, 2.45) is 0 Å². The van der Waals surface area contributed by atoms with Gasteiger partial charge in [-0.05, 0) is 29.8 Å². The molecule has 0 aliphatic heterocycles. The molecule has 2 heterocycles. The van der Waals surface area contributed by atoms with E-state index in [1.165, 1.54) is 0 Å². The van der Waals surface area contributed by atoms with Gasteiger partial charge in [0.1, 0.15) is 5.82 Å². The number of hydrogen-bond acceptors (Lipinski definition) is 6. The van der Waals surface area contributed by atoms with Gasteiger partial charge in [0.2, 0.25) is 0 Å². The molecule has 0 radical (unpaired) electrons. The summed E-state index contributed by atoms with van der Waals surface area (Å²) in [7, 11) is 0. The van der Waals surface area contributed by atoms with Crippen LogP contribution >= 0.6 is 0 Å². The van der Waals surface area contributed by atoms with Gasteiger partial charge < -0.3 is 20.6 Å². The Morgan fingerprint density at radius 1 is 0.821 bits per heavy atom. The number of carboxylic acids is 2. The van der Waals surface area contributed by atoms with Crippen LogP contribution in [0.15, 0.2) is 85.3 Å². The van der Waals surface area contributed by atoms with Gasteiger partial charge in [-0.1, -0.05) is 42.5 Å². The van der Waals surface area contributed by atoms with E-state index in [2.05, 4.69) is 15.3 Å². The first-order valence-corrected chi connectivity index (χ1v) is 8.20. The van der Waals surface area contributed by atoms with Crippen molar-refractivity contribution >= 4 is 17.8 Å². The zero-order chi connectivity index (χ0) is 20.6. The van der Waals surface area contributed by atoms with Gasteiger partial charge in [-0.25, -0.2) is 14.6 Å². The molecule has 0 spiro atoms. The normalized spacial score (nSPS) is 10.2. The van der Waals surface area contributed by atoms with E-state index >= 15 is 0 Å². The third-order valence-corrected chi connectivity index (χ3v) is 3.08. The van der Waals surface area contributed by atoms with E-state index in [1.54, 1.807) is 18.6 Å². The van der Waals surface area contributed by atoms with Crippen LogP contribution < -0.4 is 5.32 Å². The number of carboxylic acid groups (broad SMARTS) is 2. The Morgan fingerprint density at radius 2 is 1.36 bits per heavy atom. The van der Waals surface area contributed by atoms with E-state index in [-0.39, 0.29) is 0 Å². The molecule has 0 aliphatic rings. The van der Waals surface area contributed by atoms with Gasteiger partial charge in [0, 0.05) is 25.1 Å². The Bertz CT molecular complexity index is 763. The highest BCUT2D eigenvalue weighted by Gasteiger charge is 2.06. The second-order valence-electron chi connectivity index (χ2n) is 5.16. The van der Waals surface area contributed by atoms with E-state index in [9.17, 15) is 5.11 Å². The van der Waals surface area contributed by atoms with Crippen LogP contribution in [0.1, 0.15) is 11.7 Å². The number of nitrogens with one attached hydrogen (secondary N) is 1. The first kappa shape index (κ1) is 22.3. The van der Waals surface area contributed by atoms with Crippen molar-refractivity contribution in [1.29, 1.82) is 0 Å². The Kier molecular flexibility index (Phi) is 10.7. The molecule has 3 rings (SSSR count). The zero-order valence-electron chi connectivity index (χ0n) is 14.9. The number of aliphatic hydroxyl groups is 1. The lowest BCUT2D eigenvalue weighted by molar-refractivity contribution is -0.159. The van der Waals surface area contributed by atoms with E-state index in [1.807, 2.05) is 66.7 Å².